The van der Waals surface area contributed by atoms with Gasteiger partial charge in [0.1, 0.15) is 6.10 Å². The third-order valence-electron chi connectivity index (χ3n) is 10.4. The number of carbonyl (C=O) groups is 1. The molecule has 3 nitrogen and oxygen atoms in total. The zero-order chi connectivity index (χ0) is 24.2. The predicted molar refractivity (Wildman–Crippen MR) is 134 cm³/mol. The van der Waals surface area contributed by atoms with Crippen LogP contribution in [0.5, 0.6) is 0 Å². The molecule has 4 aliphatic carbocycles. The van der Waals surface area contributed by atoms with E-state index in [0.717, 1.165) is 19.3 Å². The van der Waals surface area contributed by atoms with Crippen LogP contribution in [0.4, 0.5) is 0 Å². The van der Waals surface area contributed by atoms with Crippen molar-refractivity contribution in [1.82, 2.24) is 0 Å². The molecule has 0 heterocycles. The van der Waals surface area contributed by atoms with Gasteiger partial charge in [-0.05, 0) is 84.7 Å². The third-order valence-corrected chi connectivity index (χ3v) is 10.4. The van der Waals surface area contributed by atoms with Crippen molar-refractivity contribution in [3.63, 3.8) is 0 Å². The monoisotopic (exact) mass is 454 g/mol. The molecule has 8 atom stereocenters. The molecule has 0 bridgehead atoms. The third kappa shape index (κ3) is 4.07. The van der Waals surface area contributed by atoms with Crippen molar-refractivity contribution in [2.75, 3.05) is 0 Å². The molecule has 0 aromatic rings. The van der Waals surface area contributed by atoms with Gasteiger partial charge in [-0.15, -0.1) is 0 Å². The number of rotatable bonds is 5. The van der Waals surface area contributed by atoms with Crippen molar-refractivity contribution < 1.29 is 14.6 Å². The molecule has 2 fully saturated rings. The first-order valence-electron chi connectivity index (χ1n) is 13.4. The highest BCUT2D eigenvalue weighted by Gasteiger charge is 2.60. The Morgan fingerprint density at radius 2 is 1.82 bits per heavy atom. The zero-order valence-corrected chi connectivity index (χ0v) is 22.0. The number of fused-ring (bicyclic) bond motifs is 5. The van der Waals surface area contributed by atoms with Crippen LogP contribution in [-0.4, -0.2) is 22.8 Å². The Labute approximate surface area is 201 Å². The Morgan fingerprint density at radius 1 is 1.09 bits per heavy atom. The Kier molecular flexibility index (Phi) is 6.53. The summed E-state index contributed by atoms with van der Waals surface area (Å²) in [6.07, 6.45) is 16.2. The fraction of sp³-hybridized carbons (Fsp3) is 0.767. The highest BCUT2D eigenvalue weighted by Crippen LogP contribution is 2.65. The van der Waals surface area contributed by atoms with Crippen LogP contribution < -0.4 is 0 Å². The number of allylic oxidation sites excluding steroid dienone is 4. The molecule has 3 heteroatoms. The molecule has 4 rings (SSSR count). The molecule has 0 aromatic carbocycles. The van der Waals surface area contributed by atoms with Gasteiger partial charge in [0.05, 0.1) is 5.60 Å². The first-order chi connectivity index (χ1) is 15.4. The lowest BCUT2D eigenvalue weighted by Gasteiger charge is -2.57. The van der Waals surface area contributed by atoms with Crippen molar-refractivity contribution in [2.24, 2.45) is 40.4 Å². The molecule has 4 aliphatic rings. The van der Waals surface area contributed by atoms with E-state index in [1.807, 2.05) is 0 Å². The maximum Gasteiger partial charge on any atom is 0.302 e. The Bertz CT molecular complexity index is 866. The van der Waals surface area contributed by atoms with E-state index in [4.69, 9.17) is 4.74 Å². The van der Waals surface area contributed by atoms with Gasteiger partial charge in [-0.25, -0.2) is 0 Å². The lowest BCUT2D eigenvalue weighted by molar-refractivity contribution is -0.163. The SMILES string of the molecule is CC(=O)O[C@@H]1CC[C@]2(C)C3=CC[C@]4(C)[C@@H](CC[C@H]4[C@H](C)/C=C/[C@H](C)C(C)C)C3=CC[C@@]2(O)C1. The normalized spacial score (nSPS) is 42.2. The largest absolute Gasteiger partial charge is 0.462 e. The summed E-state index contributed by atoms with van der Waals surface area (Å²) in [6.45, 7) is 15.6. The van der Waals surface area contributed by atoms with Gasteiger partial charge in [0.25, 0.3) is 0 Å². The van der Waals surface area contributed by atoms with E-state index in [2.05, 4.69) is 65.8 Å². The summed E-state index contributed by atoms with van der Waals surface area (Å²) in [7, 11) is 0. The molecule has 0 amide bonds. The summed E-state index contributed by atoms with van der Waals surface area (Å²) in [6, 6.07) is 0. The Morgan fingerprint density at radius 3 is 2.48 bits per heavy atom. The molecule has 0 unspecified atom stereocenters. The van der Waals surface area contributed by atoms with Crippen molar-refractivity contribution in [2.45, 2.75) is 105 Å². The number of hydrogen-bond acceptors (Lipinski definition) is 3. The molecule has 33 heavy (non-hydrogen) atoms. The van der Waals surface area contributed by atoms with Crippen molar-refractivity contribution >= 4 is 5.97 Å². The summed E-state index contributed by atoms with van der Waals surface area (Å²) >= 11 is 0. The van der Waals surface area contributed by atoms with Crippen LogP contribution in [0.1, 0.15) is 93.4 Å². The molecular formula is C30H46O3. The van der Waals surface area contributed by atoms with Crippen LogP contribution in [0.15, 0.2) is 35.5 Å². The molecule has 0 aliphatic heterocycles. The van der Waals surface area contributed by atoms with Gasteiger partial charge >= 0.3 is 5.97 Å². The van der Waals surface area contributed by atoms with E-state index in [0.29, 0.717) is 47.8 Å². The summed E-state index contributed by atoms with van der Waals surface area (Å²) in [5.41, 5.74) is 2.15. The lowest BCUT2D eigenvalue weighted by Crippen LogP contribution is -2.56. The van der Waals surface area contributed by atoms with E-state index in [-0.39, 0.29) is 17.5 Å². The summed E-state index contributed by atoms with van der Waals surface area (Å²) in [5, 5.41) is 11.8. The van der Waals surface area contributed by atoms with Gasteiger partial charge in [-0.1, -0.05) is 65.8 Å². The van der Waals surface area contributed by atoms with Crippen LogP contribution in [0.3, 0.4) is 0 Å². The highest BCUT2D eigenvalue weighted by atomic mass is 16.5. The second-order valence-corrected chi connectivity index (χ2v) is 12.6. The first kappa shape index (κ1) is 24.8. The van der Waals surface area contributed by atoms with Gasteiger partial charge < -0.3 is 9.84 Å². The molecule has 184 valence electrons. The molecule has 1 N–H and O–H groups in total. The van der Waals surface area contributed by atoms with Crippen LogP contribution in [0.2, 0.25) is 0 Å². The highest BCUT2D eigenvalue weighted by molar-refractivity contribution is 5.66. The smallest absolute Gasteiger partial charge is 0.302 e. The second-order valence-electron chi connectivity index (χ2n) is 12.6. The van der Waals surface area contributed by atoms with Gasteiger partial charge in [-0.2, -0.15) is 0 Å². The van der Waals surface area contributed by atoms with E-state index >= 15 is 0 Å². The summed E-state index contributed by atoms with van der Waals surface area (Å²) < 4.78 is 5.52. The number of hydrogen-bond donors (Lipinski definition) is 1. The fourth-order valence-corrected chi connectivity index (χ4v) is 7.76. The number of ether oxygens (including phenoxy) is 1. The second kappa shape index (κ2) is 8.70. The van der Waals surface area contributed by atoms with Crippen molar-refractivity contribution in [3.8, 4) is 0 Å². The van der Waals surface area contributed by atoms with Crippen LogP contribution in [-0.2, 0) is 9.53 Å². The van der Waals surface area contributed by atoms with Gasteiger partial charge in [-0.3, -0.25) is 4.79 Å². The first-order valence-corrected chi connectivity index (χ1v) is 13.4. The molecule has 0 aromatic heterocycles. The van der Waals surface area contributed by atoms with Gasteiger partial charge in [0, 0.05) is 18.8 Å². The topological polar surface area (TPSA) is 46.5 Å². The average molecular weight is 455 g/mol. The van der Waals surface area contributed by atoms with Gasteiger partial charge in [0.15, 0.2) is 0 Å². The lowest BCUT2D eigenvalue weighted by atomic mass is 9.50. The maximum absolute atomic E-state index is 11.8. The minimum absolute atomic E-state index is 0.165. The van der Waals surface area contributed by atoms with Crippen LogP contribution >= 0.6 is 0 Å². The van der Waals surface area contributed by atoms with E-state index < -0.39 is 5.60 Å². The quantitative estimate of drug-likeness (QED) is 0.359. The summed E-state index contributed by atoms with van der Waals surface area (Å²) in [5.74, 6) is 2.94. The molecule has 0 spiro atoms. The average Bonchev–Trinajstić information content (AvgIpc) is 3.09. The Balaban J connectivity index is 1.58. The zero-order valence-electron chi connectivity index (χ0n) is 22.0. The maximum atomic E-state index is 11.8. The standard InChI is InChI=1S/C30H46O3/c1-19(2)20(3)8-9-21(4)25-10-11-26-24-13-17-30(32)18-23(33-22(5)31)12-16-29(30,7)27(24)14-15-28(25,26)6/h8-9,13-14,19-21,23,25-26,32H,10-12,15-18H2,1-7H3/b9-8+/t20-,21+,23+,25-,26-,28-,29+,30+/m0/s1. The Hall–Kier alpha value is -1.35. The van der Waals surface area contributed by atoms with Gasteiger partial charge in [0.2, 0.25) is 0 Å². The van der Waals surface area contributed by atoms with E-state index in [9.17, 15) is 9.90 Å². The molecule has 0 radical (unpaired) electrons. The summed E-state index contributed by atoms with van der Waals surface area (Å²) in [4.78, 5) is 11.5. The van der Waals surface area contributed by atoms with E-state index in [1.54, 1.807) is 0 Å². The molecule has 2 saturated carbocycles. The fourth-order valence-electron chi connectivity index (χ4n) is 7.76. The number of aliphatic hydroxyl groups is 1. The van der Waals surface area contributed by atoms with Crippen molar-refractivity contribution in [1.29, 1.82) is 0 Å². The van der Waals surface area contributed by atoms with Crippen LogP contribution in [0, 0.1) is 40.4 Å². The predicted octanol–water partition coefficient (Wildman–Crippen LogP) is 7.02. The minimum atomic E-state index is -0.824. The van der Waals surface area contributed by atoms with Crippen molar-refractivity contribution in [3.05, 3.63) is 35.5 Å². The number of carbonyl (C=O) groups excluding carboxylic acids is 1. The molecular weight excluding hydrogens is 408 g/mol. The number of esters is 1. The molecule has 0 saturated heterocycles. The minimum Gasteiger partial charge on any atom is -0.462 e. The van der Waals surface area contributed by atoms with Crippen LogP contribution in [0.25, 0.3) is 0 Å². The van der Waals surface area contributed by atoms with E-state index in [1.165, 1.54) is 30.9 Å².